The summed E-state index contributed by atoms with van der Waals surface area (Å²) in [6.07, 6.45) is 2.19. The van der Waals surface area contributed by atoms with E-state index in [1.807, 2.05) is 19.9 Å². The van der Waals surface area contributed by atoms with Gasteiger partial charge in [0, 0.05) is 12.0 Å². The molecule has 0 aliphatic carbocycles. The van der Waals surface area contributed by atoms with E-state index in [1.165, 1.54) is 6.07 Å². The van der Waals surface area contributed by atoms with Crippen molar-refractivity contribution in [2.45, 2.75) is 40.2 Å². The molecular formula is C17H25FN2O. The van der Waals surface area contributed by atoms with Crippen LogP contribution in [0.5, 0.6) is 0 Å². The minimum atomic E-state index is -0.406. The van der Waals surface area contributed by atoms with Crippen molar-refractivity contribution >= 4 is 5.91 Å². The molecule has 1 atom stereocenters. The van der Waals surface area contributed by atoms with Crippen molar-refractivity contribution in [3.05, 3.63) is 35.1 Å². The number of carbonyl (C=O) groups is 1. The fraction of sp³-hybridized carbons (Fsp3) is 0.588. The molecular weight excluding hydrogens is 267 g/mol. The summed E-state index contributed by atoms with van der Waals surface area (Å²) in [5.41, 5.74) is 1.01. The first-order valence-electron chi connectivity index (χ1n) is 7.65. The van der Waals surface area contributed by atoms with E-state index in [-0.39, 0.29) is 11.7 Å². The molecule has 1 fully saturated rings. The molecule has 116 valence electrons. The van der Waals surface area contributed by atoms with Crippen LogP contribution in [0.3, 0.4) is 0 Å². The molecule has 0 aromatic heterocycles. The zero-order chi connectivity index (χ0) is 15.5. The van der Waals surface area contributed by atoms with Crippen LogP contribution in [0, 0.1) is 24.1 Å². The number of hydrogen-bond donors (Lipinski definition) is 2. The van der Waals surface area contributed by atoms with Crippen molar-refractivity contribution in [2.24, 2.45) is 11.3 Å². The molecule has 0 spiro atoms. The topological polar surface area (TPSA) is 41.1 Å². The molecule has 1 aliphatic rings. The maximum atomic E-state index is 13.5. The molecule has 0 bridgehead atoms. The maximum absolute atomic E-state index is 13.5. The Morgan fingerprint density at radius 1 is 1.48 bits per heavy atom. The molecule has 1 aliphatic heterocycles. The lowest BCUT2D eigenvalue weighted by Gasteiger charge is -2.36. The highest BCUT2D eigenvalue weighted by Crippen LogP contribution is 2.32. The van der Waals surface area contributed by atoms with Crippen LogP contribution in [0.4, 0.5) is 4.39 Å². The highest BCUT2D eigenvalue weighted by Gasteiger charge is 2.36. The summed E-state index contributed by atoms with van der Waals surface area (Å²) in [6.45, 7) is 8.03. The number of halogens is 1. The number of benzene rings is 1. The smallest absolute Gasteiger partial charge is 0.226 e. The number of nitrogens with one attached hydrogen (secondary N) is 2. The van der Waals surface area contributed by atoms with Gasteiger partial charge in [-0.1, -0.05) is 26.0 Å². The van der Waals surface area contributed by atoms with Crippen molar-refractivity contribution in [1.82, 2.24) is 10.6 Å². The van der Waals surface area contributed by atoms with Crippen molar-refractivity contribution < 1.29 is 9.18 Å². The maximum Gasteiger partial charge on any atom is 0.226 e. The van der Waals surface area contributed by atoms with Gasteiger partial charge in [-0.15, -0.1) is 0 Å². The first kappa shape index (κ1) is 16.0. The standard InChI is InChI=1S/C17H25FN2O/c1-12-6-7-13(9-15(12)18)10-20-16(21)17(2,3)14-5-4-8-19-11-14/h6-7,9,14,19H,4-5,8,10-11H2,1-3H3,(H,20,21). The minimum absolute atomic E-state index is 0.0391. The van der Waals surface area contributed by atoms with Crippen molar-refractivity contribution in [3.63, 3.8) is 0 Å². The lowest BCUT2D eigenvalue weighted by Crippen LogP contribution is -2.47. The van der Waals surface area contributed by atoms with Crippen LogP contribution < -0.4 is 10.6 Å². The number of aryl methyl sites for hydroxylation is 1. The third-order valence-electron chi connectivity index (χ3n) is 4.59. The largest absolute Gasteiger partial charge is 0.352 e. The average molecular weight is 292 g/mol. The second-order valence-corrected chi connectivity index (χ2v) is 6.53. The zero-order valence-electron chi connectivity index (χ0n) is 13.1. The van der Waals surface area contributed by atoms with E-state index < -0.39 is 5.41 Å². The summed E-state index contributed by atoms with van der Waals surface area (Å²) in [5, 5.41) is 6.30. The first-order valence-corrected chi connectivity index (χ1v) is 7.65. The third-order valence-corrected chi connectivity index (χ3v) is 4.59. The lowest BCUT2D eigenvalue weighted by molar-refractivity contribution is -0.132. The Bertz CT molecular complexity index is 508. The molecule has 1 aromatic rings. The van der Waals surface area contributed by atoms with Gasteiger partial charge < -0.3 is 10.6 Å². The summed E-state index contributed by atoms with van der Waals surface area (Å²) in [5.74, 6) is 0.163. The Morgan fingerprint density at radius 3 is 2.86 bits per heavy atom. The summed E-state index contributed by atoms with van der Waals surface area (Å²) in [6, 6.07) is 5.09. The van der Waals surface area contributed by atoms with Gasteiger partial charge in [0.25, 0.3) is 0 Å². The fourth-order valence-corrected chi connectivity index (χ4v) is 2.81. The van der Waals surface area contributed by atoms with E-state index in [9.17, 15) is 9.18 Å². The Labute approximate surface area is 126 Å². The van der Waals surface area contributed by atoms with Gasteiger partial charge in [-0.05, 0) is 56.0 Å². The summed E-state index contributed by atoms with van der Waals surface area (Å²) < 4.78 is 13.5. The van der Waals surface area contributed by atoms with Crippen molar-refractivity contribution in [3.8, 4) is 0 Å². The van der Waals surface area contributed by atoms with E-state index in [4.69, 9.17) is 0 Å². The number of piperidine rings is 1. The Morgan fingerprint density at radius 2 is 2.24 bits per heavy atom. The fourth-order valence-electron chi connectivity index (χ4n) is 2.81. The molecule has 1 heterocycles. The van der Waals surface area contributed by atoms with E-state index in [1.54, 1.807) is 13.0 Å². The monoisotopic (exact) mass is 292 g/mol. The predicted molar refractivity (Wildman–Crippen MR) is 82.4 cm³/mol. The van der Waals surface area contributed by atoms with Crippen LogP contribution in [0.15, 0.2) is 18.2 Å². The number of rotatable bonds is 4. The molecule has 4 heteroatoms. The molecule has 0 radical (unpaired) electrons. The second kappa shape index (κ2) is 6.56. The zero-order valence-corrected chi connectivity index (χ0v) is 13.1. The van der Waals surface area contributed by atoms with Crippen molar-refractivity contribution in [2.75, 3.05) is 13.1 Å². The van der Waals surface area contributed by atoms with Gasteiger partial charge in [0.1, 0.15) is 5.82 Å². The quantitative estimate of drug-likeness (QED) is 0.896. The number of amides is 1. The average Bonchev–Trinajstić information content (AvgIpc) is 2.49. The molecule has 2 rings (SSSR count). The minimum Gasteiger partial charge on any atom is -0.352 e. The predicted octanol–water partition coefficient (Wildman–Crippen LogP) is 2.78. The molecule has 1 saturated heterocycles. The normalized spacial score (nSPS) is 19.3. The third kappa shape index (κ3) is 3.82. The Balaban J connectivity index is 1.95. The van der Waals surface area contributed by atoms with Crippen LogP contribution in [-0.4, -0.2) is 19.0 Å². The van der Waals surface area contributed by atoms with Gasteiger partial charge in [0.2, 0.25) is 5.91 Å². The molecule has 3 nitrogen and oxygen atoms in total. The van der Waals surface area contributed by atoms with Crippen LogP contribution in [0.2, 0.25) is 0 Å². The molecule has 21 heavy (non-hydrogen) atoms. The van der Waals surface area contributed by atoms with Gasteiger partial charge in [0.05, 0.1) is 0 Å². The highest BCUT2D eigenvalue weighted by molar-refractivity contribution is 5.82. The van der Waals surface area contributed by atoms with E-state index in [0.717, 1.165) is 31.5 Å². The summed E-state index contributed by atoms with van der Waals surface area (Å²) in [7, 11) is 0. The van der Waals surface area contributed by atoms with Gasteiger partial charge in [0.15, 0.2) is 0 Å². The van der Waals surface area contributed by atoms with E-state index in [2.05, 4.69) is 10.6 Å². The number of hydrogen-bond acceptors (Lipinski definition) is 2. The van der Waals surface area contributed by atoms with Gasteiger partial charge in [-0.25, -0.2) is 4.39 Å². The second-order valence-electron chi connectivity index (χ2n) is 6.53. The SMILES string of the molecule is Cc1ccc(CNC(=O)C(C)(C)C2CCCNC2)cc1F. The molecule has 0 saturated carbocycles. The Hall–Kier alpha value is -1.42. The summed E-state index contributed by atoms with van der Waals surface area (Å²) >= 11 is 0. The van der Waals surface area contributed by atoms with Crippen LogP contribution in [0.25, 0.3) is 0 Å². The molecule has 2 N–H and O–H groups in total. The van der Waals surface area contributed by atoms with Crippen LogP contribution in [0.1, 0.15) is 37.8 Å². The van der Waals surface area contributed by atoms with Gasteiger partial charge >= 0.3 is 0 Å². The van der Waals surface area contributed by atoms with Crippen LogP contribution in [-0.2, 0) is 11.3 Å². The van der Waals surface area contributed by atoms with Crippen molar-refractivity contribution in [1.29, 1.82) is 0 Å². The lowest BCUT2D eigenvalue weighted by atomic mass is 9.74. The van der Waals surface area contributed by atoms with Gasteiger partial charge in [-0.3, -0.25) is 4.79 Å². The van der Waals surface area contributed by atoms with E-state index >= 15 is 0 Å². The molecule has 1 unspecified atom stereocenters. The number of carbonyl (C=O) groups excluding carboxylic acids is 1. The summed E-state index contributed by atoms with van der Waals surface area (Å²) in [4.78, 5) is 12.5. The van der Waals surface area contributed by atoms with Crippen LogP contribution >= 0.6 is 0 Å². The van der Waals surface area contributed by atoms with Gasteiger partial charge in [-0.2, -0.15) is 0 Å². The Kier molecular flexibility index (Phi) is 4.99. The first-order chi connectivity index (χ1) is 9.91. The molecule has 1 aromatic carbocycles. The highest BCUT2D eigenvalue weighted by atomic mass is 19.1. The van der Waals surface area contributed by atoms with E-state index in [0.29, 0.717) is 18.0 Å². The molecule has 1 amide bonds.